The van der Waals surface area contributed by atoms with Crippen molar-refractivity contribution in [2.24, 2.45) is 28.0 Å². The van der Waals surface area contributed by atoms with Crippen LogP contribution in [-0.4, -0.2) is 4.75 Å². The highest BCUT2D eigenvalue weighted by Crippen LogP contribution is 2.61. The maximum atomic E-state index is 4.36. The molecule has 4 aliphatic rings. The van der Waals surface area contributed by atoms with Crippen LogP contribution >= 0.6 is 11.8 Å². The molecule has 25 heavy (non-hydrogen) atoms. The van der Waals surface area contributed by atoms with E-state index in [9.17, 15) is 0 Å². The molecule has 0 radical (unpaired) electrons. The van der Waals surface area contributed by atoms with Gasteiger partial charge in [-0.3, -0.25) is 0 Å². The highest BCUT2D eigenvalue weighted by Gasteiger charge is 2.51. The summed E-state index contributed by atoms with van der Waals surface area (Å²) in [7, 11) is 0. The molecule has 0 spiro atoms. The van der Waals surface area contributed by atoms with Crippen LogP contribution in [0.3, 0.4) is 0 Å². The molecular formula is C22H24N2S. The van der Waals surface area contributed by atoms with Gasteiger partial charge in [-0.05, 0) is 92.7 Å². The molecule has 2 aromatic rings. The Kier molecular flexibility index (Phi) is 3.93. The highest BCUT2D eigenvalue weighted by molar-refractivity contribution is 8.00. The second-order valence-electron chi connectivity index (χ2n) is 8.23. The van der Waals surface area contributed by atoms with E-state index in [-0.39, 0.29) is 0 Å². The fourth-order valence-electron chi connectivity index (χ4n) is 5.60. The van der Waals surface area contributed by atoms with Crippen LogP contribution in [-0.2, 0) is 0 Å². The zero-order chi connectivity index (χ0) is 16.7. The maximum absolute atomic E-state index is 4.36. The Hall–Kier alpha value is -1.61. The van der Waals surface area contributed by atoms with Gasteiger partial charge in [0.05, 0.1) is 11.4 Å². The molecule has 3 heteroatoms. The predicted octanol–water partition coefficient (Wildman–Crippen LogP) is 7.16. The van der Waals surface area contributed by atoms with Crippen LogP contribution in [0.25, 0.3) is 0 Å². The third kappa shape index (κ3) is 3.27. The van der Waals surface area contributed by atoms with E-state index < -0.39 is 0 Å². The van der Waals surface area contributed by atoms with Crippen LogP contribution < -0.4 is 0 Å². The molecule has 2 nitrogen and oxygen atoms in total. The number of hydrogen-bond donors (Lipinski definition) is 0. The second kappa shape index (κ2) is 6.28. The van der Waals surface area contributed by atoms with Gasteiger partial charge in [-0.15, -0.1) is 11.8 Å². The van der Waals surface area contributed by atoms with Crippen LogP contribution in [0.15, 0.2) is 69.7 Å². The number of nitrogens with zero attached hydrogens (tertiary/aromatic N) is 2. The largest absolute Gasteiger partial charge is 0.151 e. The Morgan fingerprint density at radius 1 is 0.680 bits per heavy atom. The van der Waals surface area contributed by atoms with E-state index in [4.69, 9.17) is 0 Å². The first-order valence-electron chi connectivity index (χ1n) is 9.52. The first-order valence-corrected chi connectivity index (χ1v) is 10.3. The van der Waals surface area contributed by atoms with Crippen molar-refractivity contribution in [2.45, 2.75) is 48.2 Å². The molecule has 4 saturated carbocycles. The van der Waals surface area contributed by atoms with Crippen molar-refractivity contribution in [1.82, 2.24) is 0 Å². The average molecular weight is 349 g/mol. The van der Waals surface area contributed by atoms with Gasteiger partial charge in [0.25, 0.3) is 0 Å². The summed E-state index contributed by atoms with van der Waals surface area (Å²) in [5, 5.41) is 8.66. The van der Waals surface area contributed by atoms with Crippen LogP contribution in [0.5, 0.6) is 0 Å². The lowest BCUT2D eigenvalue weighted by Gasteiger charge is -2.56. The van der Waals surface area contributed by atoms with Gasteiger partial charge in [-0.2, -0.15) is 10.2 Å². The van der Waals surface area contributed by atoms with Gasteiger partial charge in [0.15, 0.2) is 0 Å². The quantitative estimate of drug-likeness (QED) is 0.538. The molecule has 4 aliphatic carbocycles. The van der Waals surface area contributed by atoms with Crippen LogP contribution in [0.4, 0.5) is 11.4 Å². The molecule has 0 N–H and O–H groups in total. The van der Waals surface area contributed by atoms with E-state index in [2.05, 4.69) is 46.3 Å². The Morgan fingerprint density at radius 3 is 1.76 bits per heavy atom. The summed E-state index contributed by atoms with van der Waals surface area (Å²) in [6.07, 6.45) is 8.87. The van der Waals surface area contributed by atoms with Gasteiger partial charge >= 0.3 is 0 Å². The lowest BCUT2D eigenvalue weighted by molar-refractivity contribution is 0.0383. The third-order valence-corrected chi connectivity index (χ3v) is 7.63. The van der Waals surface area contributed by atoms with E-state index in [1.54, 1.807) is 0 Å². The Labute approximate surface area is 154 Å². The third-order valence-electron chi connectivity index (χ3n) is 6.19. The minimum Gasteiger partial charge on any atom is -0.151 e. The summed E-state index contributed by atoms with van der Waals surface area (Å²) in [5.41, 5.74) is 1.83. The van der Waals surface area contributed by atoms with Gasteiger partial charge < -0.3 is 0 Å². The SMILES string of the molecule is c1ccc(N=Nc2ccc(SC34CC5CC(CC(C5)C3)C4)cc2)cc1. The number of thioether (sulfide) groups is 1. The molecule has 0 aromatic heterocycles. The van der Waals surface area contributed by atoms with E-state index in [1.165, 1.54) is 43.4 Å². The van der Waals surface area contributed by atoms with E-state index in [0.717, 1.165) is 29.1 Å². The molecule has 4 fully saturated rings. The molecule has 0 unspecified atom stereocenters. The molecule has 0 heterocycles. The monoisotopic (exact) mass is 348 g/mol. The van der Waals surface area contributed by atoms with Gasteiger partial charge in [0.2, 0.25) is 0 Å². The van der Waals surface area contributed by atoms with Crippen molar-refractivity contribution >= 4 is 23.1 Å². The topological polar surface area (TPSA) is 24.7 Å². The van der Waals surface area contributed by atoms with Crippen molar-refractivity contribution in [2.75, 3.05) is 0 Å². The van der Waals surface area contributed by atoms with Gasteiger partial charge in [0, 0.05) is 9.64 Å². The number of azo groups is 1. The normalized spacial score (nSPS) is 33.2. The molecule has 0 atom stereocenters. The lowest BCUT2D eigenvalue weighted by Crippen LogP contribution is -2.48. The zero-order valence-corrected chi connectivity index (χ0v) is 15.3. The molecule has 4 bridgehead atoms. The first-order chi connectivity index (χ1) is 12.3. The zero-order valence-electron chi connectivity index (χ0n) is 14.5. The number of hydrogen-bond acceptors (Lipinski definition) is 3. The van der Waals surface area contributed by atoms with Crippen molar-refractivity contribution in [3.05, 3.63) is 54.6 Å². The van der Waals surface area contributed by atoms with Crippen LogP contribution in [0.2, 0.25) is 0 Å². The maximum Gasteiger partial charge on any atom is 0.0857 e. The van der Waals surface area contributed by atoms with Crippen LogP contribution in [0.1, 0.15) is 38.5 Å². The van der Waals surface area contributed by atoms with E-state index >= 15 is 0 Å². The van der Waals surface area contributed by atoms with Crippen LogP contribution in [0, 0.1) is 17.8 Å². The standard InChI is InChI=1S/C22H24N2S/c1-2-4-19(5-3-1)23-24-20-6-8-21(9-7-20)25-22-13-16-10-17(14-22)12-18(11-16)15-22/h1-9,16-18H,10-15H2. The molecular weight excluding hydrogens is 324 g/mol. The summed E-state index contributed by atoms with van der Waals surface area (Å²) < 4.78 is 0.530. The Bertz CT molecular complexity index is 731. The van der Waals surface area contributed by atoms with Gasteiger partial charge in [0.1, 0.15) is 0 Å². The summed E-state index contributed by atoms with van der Waals surface area (Å²) in [6, 6.07) is 18.6. The Morgan fingerprint density at radius 2 is 1.20 bits per heavy atom. The van der Waals surface area contributed by atoms with Crippen molar-refractivity contribution in [3.63, 3.8) is 0 Å². The predicted molar refractivity (Wildman–Crippen MR) is 104 cm³/mol. The summed E-state index contributed by atoms with van der Waals surface area (Å²) in [4.78, 5) is 1.40. The Balaban J connectivity index is 1.29. The van der Waals surface area contributed by atoms with Crippen molar-refractivity contribution in [3.8, 4) is 0 Å². The number of benzene rings is 2. The molecule has 6 rings (SSSR count). The first kappa shape index (κ1) is 15.6. The van der Waals surface area contributed by atoms with Gasteiger partial charge in [-0.1, -0.05) is 18.2 Å². The minimum absolute atomic E-state index is 0.530. The van der Waals surface area contributed by atoms with E-state index in [1.807, 2.05) is 30.3 Å². The minimum atomic E-state index is 0.530. The molecule has 2 aromatic carbocycles. The molecule has 0 aliphatic heterocycles. The van der Waals surface area contributed by atoms with Crippen molar-refractivity contribution < 1.29 is 0 Å². The highest BCUT2D eigenvalue weighted by atomic mass is 32.2. The molecule has 0 amide bonds. The lowest BCUT2D eigenvalue weighted by atomic mass is 9.56. The molecule has 128 valence electrons. The number of rotatable bonds is 4. The van der Waals surface area contributed by atoms with Gasteiger partial charge in [-0.25, -0.2) is 0 Å². The second-order valence-corrected chi connectivity index (χ2v) is 9.77. The van der Waals surface area contributed by atoms with Crippen molar-refractivity contribution in [1.29, 1.82) is 0 Å². The summed E-state index contributed by atoms with van der Waals surface area (Å²) in [5.74, 6) is 3.04. The average Bonchev–Trinajstić information content (AvgIpc) is 2.60. The summed E-state index contributed by atoms with van der Waals surface area (Å²) in [6.45, 7) is 0. The fourth-order valence-corrected chi connectivity index (χ4v) is 7.33. The fraction of sp³-hybridized carbons (Fsp3) is 0.455. The summed E-state index contributed by atoms with van der Waals surface area (Å²) >= 11 is 2.15. The smallest absolute Gasteiger partial charge is 0.0857 e. The molecule has 0 saturated heterocycles. The van der Waals surface area contributed by atoms with E-state index in [0.29, 0.717) is 4.75 Å².